The third-order valence-electron chi connectivity index (χ3n) is 3.46. The highest BCUT2D eigenvalue weighted by Gasteiger charge is 2.14. The summed E-state index contributed by atoms with van der Waals surface area (Å²) in [5.74, 6) is 0.523. The van der Waals surface area contributed by atoms with Crippen LogP contribution in [0.4, 0.5) is 5.69 Å². The quantitative estimate of drug-likeness (QED) is 0.819. The maximum atomic E-state index is 12.3. The molecule has 0 spiro atoms. The molecule has 0 radical (unpaired) electrons. The largest absolute Gasteiger partial charge is 0.365 e. The fraction of sp³-hybridized carbons (Fsp3) is 0.412. The van der Waals surface area contributed by atoms with Crippen molar-refractivity contribution in [2.75, 3.05) is 25.5 Å². The number of hydrogen-bond acceptors (Lipinski definition) is 4. The molecule has 1 aromatic heterocycles. The van der Waals surface area contributed by atoms with E-state index in [4.69, 9.17) is 0 Å². The van der Waals surface area contributed by atoms with E-state index in [9.17, 15) is 4.79 Å². The highest BCUT2D eigenvalue weighted by atomic mass is 32.1. The molecule has 0 bridgehead atoms. The van der Waals surface area contributed by atoms with Crippen LogP contribution < -0.4 is 4.90 Å². The maximum absolute atomic E-state index is 12.3. The molecule has 0 aliphatic heterocycles. The van der Waals surface area contributed by atoms with E-state index < -0.39 is 0 Å². The van der Waals surface area contributed by atoms with Gasteiger partial charge in [0.15, 0.2) is 0 Å². The lowest BCUT2D eigenvalue weighted by Gasteiger charge is -2.22. The molecular weight excluding hydrogens is 294 g/mol. The van der Waals surface area contributed by atoms with Crippen LogP contribution >= 0.6 is 11.3 Å². The SMILES string of the molecule is CC(C)c1nc(CN(C)C(=O)CN(C)c2ccccc2)cs1. The van der Waals surface area contributed by atoms with Crippen LogP contribution in [0.2, 0.25) is 0 Å². The number of rotatable bonds is 6. The molecule has 0 N–H and O–H groups in total. The summed E-state index contributed by atoms with van der Waals surface area (Å²) in [6.45, 7) is 5.19. The van der Waals surface area contributed by atoms with Crippen molar-refractivity contribution in [3.63, 3.8) is 0 Å². The van der Waals surface area contributed by atoms with E-state index in [2.05, 4.69) is 18.8 Å². The molecule has 1 heterocycles. The first-order valence-corrected chi connectivity index (χ1v) is 8.29. The number of anilines is 1. The number of likely N-dealkylation sites (N-methyl/N-ethyl adjacent to an activating group) is 2. The van der Waals surface area contributed by atoms with Crippen molar-refractivity contribution in [3.05, 3.63) is 46.4 Å². The molecule has 0 aliphatic rings. The number of amides is 1. The summed E-state index contributed by atoms with van der Waals surface area (Å²) in [5, 5.41) is 3.16. The molecule has 4 nitrogen and oxygen atoms in total. The van der Waals surface area contributed by atoms with Crippen molar-refractivity contribution in [2.45, 2.75) is 26.3 Å². The summed E-state index contributed by atoms with van der Waals surface area (Å²) in [6.07, 6.45) is 0. The summed E-state index contributed by atoms with van der Waals surface area (Å²) in [4.78, 5) is 20.6. The lowest BCUT2D eigenvalue weighted by atomic mass is 10.2. The third-order valence-corrected chi connectivity index (χ3v) is 4.65. The summed E-state index contributed by atoms with van der Waals surface area (Å²) in [6, 6.07) is 9.93. The monoisotopic (exact) mass is 317 g/mol. The van der Waals surface area contributed by atoms with Gasteiger partial charge in [-0.25, -0.2) is 4.98 Å². The molecule has 0 saturated carbocycles. The molecule has 0 atom stereocenters. The zero-order valence-electron chi connectivity index (χ0n) is 13.6. The van der Waals surface area contributed by atoms with Crippen LogP contribution in [0.3, 0.4) is 0 Å². The Kier molecular flexibility index (Phi) is 5.55. The van der Waals surface area contributed by atoms with Crippen molar-refractivity contribution in [3.8, 4) is 0 Å². The van der Waals surface area contributed by atoms with Gasteiger partial charge in [-0.2, -0.15) is 0 Å². The third kappa shape index (κ3) is 4.31. The van der Waals surface area contributed by atoms with E-state index in [0.29, 0.717) is 19.0 Å². The Hall–Kier alpha value is -1.88. The molecule has 118 valence electrons. The minimum Gasteiger partial charge on any atom is -0.365 e. The fourth-order valence-electron chi connectivity index (χ4n) is 2.09. The number of nitrogens with zero attached hydrogens (tertiary/aromatic N) is 3. The fourth-order valence-corrected chi connectivity index (χ4v) is 2.92. The Balaban J connectivity index is 1.91. The highest BCUT2D eigenvalue weighted by molar-refractivity contribution is 7.09. The van der Waals surface area contributed by atoms with Gasteiger partial charge < -0.3 is 9.80 Å². The average molecular weight is 317 g/mol. The number of para-hydroxylation sites is 1. The van der Waals surface area contributed by atoms with Crippen LogP contribution in [0, 0.1) is 0 Å². The predicted octanol–water partition coefficient (Wildman–Crippen LogP) is 3.36. The van der Waals surface area contributed by atoms with Crippen LogP contribution in [0.5, 0.6) is 0 Å². The van der Waals surface area contributed by atoms with Crippen molar-refractivity contribution in [1.29, 1.82) is 0 Å². The number of carbonyl (C=O) groups excluding carboxylic acids is 1. The van der Waals surface area contributed by atoms with Crippen LogP contribution in [-0.2, 0) is 11.3 Å². The lowest BCUT2D eigenvalue weighted by molar-refractivity contribution is -0.128. The standard InChI is InChI=1S/C17H23N3OS/c1-13(2)17-18-14(12-22-17)10-20(4)16(21)11-19(3)15-8-6-5-7-9-15/h5-9,12-13H,10-11H2,1-4H3. The first-order chi connectivity index (χ1) is 10.5. The van der Waals surface area contributed by atoms with E-state index in [1.807, 2.05) is 54.7 Å². The van der Waals surface area contributed by atoms with Crippen LogP contribution in [0.15, 0.2) is 35.7 Å². The van der Waals surface area contributed by atoms with Crippen molar-refractivity contribution in [2.24, 2.45) is 0 Å². The van der Waals surface area contributed by atoms with Crippen LogP contribution in [0.1, 0.15) is 30.5 Å². The van der Waals surface area contributed by atoms with Gasteiger partial charge in [-0.15, -0.1) is 11.3 Å². The van der Waals surface area contributed by atoms with Gasteiger partial charge in [-0.3, -0.25) is 4.79 Å². The number of carbonyl (C=O) groups is 1. The molecular formula is C17H23N3OS. The molecule has 2 rings (SSSR count). The summed E-state index contributed by atoms with van der Waals surface area (Å²) >= 11 is 1.66. The average Bonchev–Trinajstić information content (AvgIpc) is 2.96. The maximum Gasteiger partial charge on any atom is 0.242 e. The minimum atomic E-state index is 0.0884. The molecule has 5 heteroatoms. The van der Waals surface area contributed by atoms with Gasteiger partial charge >= 0.3 is 0 Å². The Bertz CT molecular complexity index is 609. The highest BCUT2D eigenvalue weighted by Crippen LogP contribution is 2.20. The van der Waals surface area contributed by atoms with Gasteiger partial charge in [0.25, 0.3) is 0 Å². The van der Waals surface area contributed by atoms with Crippen molar-refractivity contribution < 1.29 is 4.79 Å². The summed E-state index contributed by atoms with van der Waals surface area (Å²) < 4.78 is 0. The van der Waals surface area contributed by atoms with Crippen LogP contribution in [-0.4, -0.2) is 36.4 Å². The second-order valence-electron chi connectivity index (χ2n) is 5.77. The van der Waals surface area contributed by atoms with Gasteiger partial charge in [-0.1, -0.05) is 32.0 Å². The van der Waals surface area contributed by atoms with Crippen LogP contribution in [0.25, 0.3) is 0 Å². The molecule has 2 aromatic rings. The summed E-state index contributed by atoms with van der Waals surface area (Å²) in [5.41, 5.74) is 2.01. The second-order valence-corrected chi connectivity index (χ2v) is 6.66. The first-order valence-electron chi connectivity index (χ1n) is 7.42. The minimum absolute atomic E-state index is 0.0884. The topological polar surface area (TPSA) is 36.4 Å². The smallest absolute Gasteiger partial charge is 0.242 e. The number of hydrogen-bond donors (Lipinski definition) is 0. The second kappa shape index (κ2) is 7.40. The Morgan fingerprint density at radius 3 is 2.50 bits per heavy atom. The van der Waals surface area contributed by atoms with Crippen molar-refractivity contribution >= 4 is 22.9 Å². The molecule has 1 amide bonds. The molecule has 0 aliphatic carbocycles. The zero-order valence-corrected chi connectivity index (χ0v) is 14.4. The van der Waals surface area contributed by atoms with E-state index in [1.165, 1.54) is 0 Å². The molecule has 0 unspecified atom stereocenters. The number of benzene rings is 1. The Morgan fingerprint density at radius 1 is 1.23 bits per heavy atom. The van der Waals surface area contributed by atoms with Gasteiger partial charge in [0.05, 0.1) is 23.8 Å². The molecule has 22 heavy (non-hydrogen) atoms. The van der Waals surface area contributed by atoms with Crippen molar-refractivity contribution in [1.82, 2.24) is 9.88 Å². The Labute approximate surface area is 136 Å². The van der Waals surface area contributed by atoms with E-state index in [0.717, 1.165) is 16.4 Å². The van der Waals surface area contributed by atoms with Gasteiger partial charge in [-0.05, 0) is 12.1 Å². The van der Waals surface area contributed by atoms with E-state index in [1.54, 1.807) is 16.2 Å². The molecule has 0 saturated heterocycles. The van der Waals surface area contributed by atoms with Gasteiger partial charge in [0.1, 0.15) is 0 Å². The molecule has 1 aromatic carbocycles. The predicted molar refractivity (Wildman–Crippen MR) is 92.4 cm³/mol. The Morgan fingerprint density at radius 2 is 1.91 bits per heavy atom. The van der Waals surface area contributed by atoms with Gasteiger partial charge in [0, 0.05) is 31.1 Å². The van der Waals surface area contributed by atoms with Gasteiger partial charge in [0.2, 0.25) is 5.91 Å². The normalized spacial score (nSPS) is 10.8. The number of thiazole rings is 1. The molecule has 0 fully saturated rings. The summed E-state index contributed by atoms with van der Waals surface area (Å²) in [7, 11) is 3.76. The zero-order chi connectivity index (χ0) is 16.1. The van der Waals surface area contributed by atoms with E-state index in [-0.39, 0.29) is 5.91 Å². The lowest BCUT2D eigenvalue weighted by Crippen LogP contribution is -2.36. The number of aromatic nitrogens is 1. The first kappa shape index (κ1) is 16.5. The van der Waals surface area contributed by atoms with E-state index >= 15 is 0 Å².